The Morgan fingerprint density at radius 3 is 2.13 bits per heavy atom. The van der Waals surface area contributed by atoms with Crippen molar-refractivity contribution in [1.82, 2.24) is 26.0 Å². The van der Waals surface area contributed by atoms with E-state index in [1.165, 1.54) is 11.9 Å². The number of carbonyl (C=O) groups excluding carboxylic acids is 5. The number of benzene rings is 2. The number of amides is 6. The topological polar surface area (TPSA) is 213 Å². The number of ether oxygens (including phenoxy) is 1. The van der Waals surface area contributed by atoms with Gasteiger partial charge in [0.25, 0.3) is 0 Å². The highest BCUT2D eigenvalue weighted by Gasteiger charge is 2.23. The minimum atomic E-state index is -0.966. The summed E-state index contributed by atoms with van der Waals surface area (Å²) in [5.74, 6) is -1.47. The predicted octanol–water partition coefficient (Wildman–Crippen LogP) is 2.53. The van der Waals surface area contributed by atoms with Gasteiger partial charge in [-0.2, -0.15) is 0 Å². The van der Waals surface area contributed by atoms with Gasteiger partial charge in [0, 0.05) is 23.7 Å². The molecule has 0 aliphatic heterocycles. The fourth-order valence-corrected chi connectivity index (χ4v) is 4.89. The predicted molar refractivity (Wildman–Crippen MR) is 180 cm³/mol. The number of hydrogen-bond acceptors (Lipinski definition) is 9. The number of urea groups is 1. The molecule has 0 aliphatic carbocycles. The lowest BCUT2D eigenvalue weighted by molar-refractivity contribution is -0.128. The molecule has 0 spiro atoms. The summed E-state index contributed by atoms with van der Waals surface area (Å²) in [4.78, 5) is 63.0. The average Bonchev–Trinajstić information content (AvgIpc) is 3.02. The number of primary amides is 1. The molecule has 9 N–H and O–H groups in total. The third kappa shape index (κ3) is 17.2. The van der Waals surface area contributed by atoms with Crippen molar-refractivity contribution >= 4 is 47.5 Å². The Morgan fingerprint density at radius 2 is 1.49 bits per heavy atom. The van der Waals surface area contributed by atoms with Gasteiger partial charge in [-0.1, -0.05) is 30.3 Å². The molecule has 47 heavy (non-hydrogen) atoms. The zero-order chi connectivity index (χ0) is 34.7. The van der Waals surface area contributed by atoms with Crippen LogP contribution in [0.2, 0.25) is 0 Å². The molecule has 2 atom stereocenters. The zero-order valence-corrected chi connectivity index (χ0v) is 27.9. The fourth-order valence-electron chi connectivity index (χ4n) is 4.09. The first kappa shape index (κ1) is 38.8. The van der Waals surface area contributed by atoms with Crippen molar-refractivity contribution < 1.29 is 33.8 Å². The number of aliphatic hydroxyl groups is 1. The molecule has 258 valence electrons. The first-order valence-corrected chi connectivity index (χ1v) is 16.2. The number of alkyl carbamates (subject to hydrolysis) is 1. The quantitative estimate of drug-likeness (QED) is 0.0812. The summed E-state index contributed by atoms with van der Waals surface area (Å²) in [5, 5.41) is 22.4. The summed E-state index contributed by atoms with van der Waals surface area (Å²) in [6, 6.07) is 13.7. The molecule has 2 aromatic rings. The van der Waals surface area contributed by atoms with Crippen LogP contribution in [0.1, 0.15) is 58.4 Å². The van der Waals surface area contributed by atoms with Gasteiger partial charge in [0.2, 0.25) is 17.7 Å². The van der Waals surface area contributed by atoms with E-state index in [4.69, 9.17) is 10.5 Å². The summed E-state index contributed by atoms with van der Waals surface area (Å²) in [6.45, 7) is 5.41. The van der Waals surface area contributed by atoms with Crippen LogP contribution in [0.15, 0.2) is 59.5 Å². The fraction of sp³-hybridized carbons (Fsp3) is 0.469. The van der Waals surface area contributed by atoms with E-state index in [2.05, 4.69) is 31.3 Å². The molecule has 0 aromatic heterocycles. The standard InChI is InChI=1S/C32H47N7O7S/c1-32(2,3)46-31(45)35-18-8-7-12-26(39-47-24-10-5-4-6-11-24)28(42)36-20-27(41)38-25(13-9-19-34-30(33)44)29(43)37-23-16-14-22(21-40)15-17-23/h4-6,10-11,14-17,25-26,39-40H,7-9,12-13,18-21H2,1-3H3,(H,35,45)(H,36,42)(H,37,43)(H,38,41)(H3,33,34,44). The van der Waals surface area contributed by atoms with Gasteiger partial charge in [-0.05, 0) is 94.7 Å². The molecule has 0 fully saturated rings. The Kier molecular flexibility index (Phi) is 17.1. The molecule has 0 bridgehead atoms. The second kappa shape index (κ2) is 20.7. The number of unbranched alkanes of at least 4 members (excludes halogenated alkanes) is 1. The van der Waals surface area contributed by atoms with E-state index in [9.17, 15) is 29.1 Å². The lowest BCUT2D eigenvalue weighted by atomic mass is 10.1. The van der Waals surface area contributed by atoms with Gasteiger partial charge >= 0.3 is 12.1 Å². The molecule has 0 radical (unpaired) electrons. The highest BCUT2D eigenvalue weighted by molar-refractivity contribution is 7.97. The van der Waals surface area contributed by atoms with Gasteiger partial charge in [0.1, 0.15) is 11.6 Å². The Labute approximate surface area is 279 Å². The second-order valence-corrected chi connectivity index (χ2v) is 12.5. The smallest absolute Gasteiger partial charge is 0.407 e. The third-order valence-corrected chi connectivity index (χ3v) is 7.32. The summed E-state index contributed by atoms with van der Waals surface area (Å²) >= 11 is 1.29. The summed E-state index contributed by atoms with van der Waals surface area (Å²) in [7, 11) is 0. The van der Waals surface area contributed by atoms with Crippen LogP contribution in [0.4, 0.5) is 15.3 Å². The van der Waals surface area contributed by atoms with Crippen LogP contribution >= 0.6 is 11.9 Å². The summed E-state index contributed by atoms with van der Waals surface area (Å²) in [5.41, 5.74) is 5.66. The van der Waals surface area contributed by atoms with Gasteiger partial charge in [0.15, 0.2) is 0 Å². The van der Waals surface area contributed by atoms with Gasteiger partial charge in [-0.15, -0.1) is 0 Å². The van der Waals surface area contributed by atoms with Crippen LogP contribution < -0.4 is 37.0 Å². The Balaban J connectivity index is 1.95. The molecule has 0 saturated carbocycles. The largest absolute Gasteiger partial charge is 0.444 e. The van der Waals surface area contributed by atoms with E-state index >= 15 is 0 Å². The maximum absolute atomic E-state index is 13.2. The van der Waals surface area contributed by atoms with E-state index in [0.717, 1.165) is 4.90 Å². The molecule has 2 rings (SSSR count). The normalized spacial score (nSPS) is 12.3. The van der Waals surface area contributed by atoms with Crippen LogP contribution in [0, 0.1) is 0 Å². The molecule has 15 heteroatoms. The number of nitrogens with one attached hydrogen (secondary N) is 6. The summed E-state index contributed by atoms with van der Waals surface area (Å²) in [6.07, 6.45) is 1.66. The van der Waals surface area contributed by atoms with Crippen molar-refractivity contribution in [3.05, 3.63) is 60.2 Å². The van der Waals surface area contributed by atoms with Crippen molar-refractivity contribution in [2.45, 2.75) is 82.1 Å². The van der Waals surface area contributed by atoms with E-state index < -0.39 is 47.5 Å². The van der Waals surface area contributed by atoms with Crippen molar-refractivity contribution in [3.63, 3.8) is 0 Å². The highest BCUT2D eigenvalue weighted by Crippen LogP contribution is 2.16. The van der Waals surface area contributed by atoms with Crippen molar-refractivity contribution in [2.75, 3.05) is 25.0 Å². The van der Waals surface area contributed by atoms with E-state index in [1.807, 2.05) is 30.3 Å². The number of carbonyl (C=O) groups is 5. The van der Waals surface area contributed by atoms with Crippen LogP contribution in [0.5, 0.6) is 0 Å². The number of anilines is 1. The van der Waals surface area contributed by atoms with Gasteiger partial charge in [0.05, 0.1) is 19.2 Å². The van der Waals surface area contributed by atoms with Crippen LogP contribution in [0.25, 0.3) is 0 Å². The molecule has 0 heterocycles. The molecule has 0 aliphatic rings. The minimum Gasteiger partial charge on any atom is -0.444 e. The van der Waals surface area contributed by atoms with Crippen molar-refractivity contribution in [2.24, 2.45) is 5.73 Å². The molecule has 14 nitrogen and oxygen atoms in total. The van der Waals surface area contributed by atoms with Crippen molar-refractivity contribution in [3.8, 4) is 0 Å². The van der Waals surface area contributed by atoms with Gasteiger partial charge in [-0.3, -0.25) is 14.4 Å². The first-order chi connectivity index (χ1) is 22.4. The van der Waals surface area contributed by atoms with E-state index in [1.54, 1.807) is 45.0 Å². The summed E-state index contributed by atoms with van der Waals surface area (Å²) < 4.78 is 8.40. The second-order valence-electron chi connectivity index (χ2n) is 11.6. The van der Waals surface area contributed by atoms with Gasteiger partial charge in [-0.25, -0.2) is 14.3 Å². The zero-order valence-electron chi connectivity index (χ0n) is 27.1. The molecule has 2 unspecified atom stereocenters. The van der Waals surface area contributed by atoms with E-state index in [-0.39, 0.29) is 26.1 Å². The van der Waals surface area contributed by atoms with Crippen LogP contribution in [-0.4, -0.2) is 72.3 Å². The monoisotopic (exact) mass is 673 g/mol. The van der Waals surface area contributed by atoms with Crippen LogP contribution in [-0.2, 0) is 25.7 Å². The highest BCUT2D eigenvalue weighted by atomic mass is 32.2. The number of rotatable bonds is 19. The van der Waals surface area contributed by atoms with E-state index in [0.29, 0.717) is 43.5 Å². The number of hydrogen-bond donors (Lipinski definition) is 8. The van der Waals surface area contributed by atoms with Crippen LogP contribution in [0.3, 0.4) is 0 Å². The molecule has 6 amide bonds. The Morgan fingerprint density at radius 1 is 0.830 bits per heavy atom. The SMILES string of the molecule is CC(C)(C)OC(=O)NCCCCC(NSc1ccccc1)C(=O)NCC(=O)NC(CCCNC(N)=O)C(=O)Nc1ccc(CO)cc1. The lowest BCUT2D eigenvalue weighted by Crippen LogP contribution is -2.50. The average molecular weight is 674 g/mol. The molecular weight excluding hydrogens is 626 g/mol. The number of nitrogens with two attached hydrogens (primary N) is 1. The molecule has 0 saturated heterocycles. The Hall–Kier alpha value is -4.34. The minimum absolute atomic E-state index is 0.141. The van der Waals surface area contributed by atoms with Crippen molar-refractivity contribution in [1.29, 1.82) is 0 Å². The maximum atomic E-state index is 13.2. The number of aliphatic hydroxyl groups excluding tert-OH is 1. The Bertz CT molecular complexity index is 1290. The molecular formula is C32H47N7O7S. The molecule has 2 aromatic carbocycles. The maximum Gasteiger partial charge on any atom is 0.407 e. The third-order valence-electron chi connectivity index (χ3n) is 6.41. The van der Waals surface area contributed by atoms with Gasteiger partial charge < -0.3 is 42.2 Å². The lowest BCUT2D eigenvalue weighted by Gasteiger charge is -2.21. The first-order valence-electron chi connectivity index (χ1n) is 15.4.